The summed E-state index contributed by atoms with van der Waals surface area (Å²) in [5, 5.41) is 0. The second kappa shape index (κ2) is 6.41. The zero-order valence-electron chi connectivity index (χ0n) is 12.1. The smallest absolute Gasteiger partial charge is 0.240 e. The molecule has 3 unspecified atom stereocenters. The van der Waals surface area contributed by atoms with E-state index in [2.05, 4.69) is 0 Å². The van der Waals surface area contributed by atoms with Gasteiger partial charge in [-0.15, -0.1) is 0 Å². The Kier molecular flexibility index (Phi) is 4.58. The van der Waals surface area contributed by atoms with Crippen molar-refractivity contribution in [3.63, 3.8) is 0 Å². The largest absolute Gasteiger partial charge is 0.381 e. The minimum atomic E-state index is -0.362. The Balaban J connectivity index is 1.65. The van der Waals surface area contributed by atoms with Gasteiger partial charge in [0.25, 0.3) is 0 Å². The number of ether oxygens (including phenoxy) is 2. The summed E-state index contributed by atoms with van der Waals surface area (Å²) in [4.78, 5) is 14.8. The summed E-state index contributed by atoms with van der Waals surface area (Å²) in [6.07, 6.45) is 6.62. The van der Waals surface area contributed by atoms with Crippen LogP contribution < -0.4 is 5.73 Å². The van der Waals surface area contributed by atoms with Crippen LogP contribution in [0.1, 0.15) is 38.5 Å². The van der Waals surface area contributed by atoms with Crippen molar-refractivity contribution in [3.8, 4) is 0 Å². The lowest BCUT2D eigenvalue weighted by Crippen LogP contribution is -2.59. The van der Waals surface area contributed by atoms with E-state index in [0.717, 1.165) is 38.9 Å². The minimum Gasteiger partial charge on any atom is -0.381 e. The van der Waals surface area contributed by atoms with Gasteiger partial charge < -0.3 is 20.1 Å². The summed E-state index contributed by atoms with van der Waals surface area (Å²) in [5.74, 6) is 0.415. The third-order valence-corrected chi connectivity index (χ3v) is 5.07. The molecule has 0 aromatic rings. The van der Waals surface area contributed by atoms with Gasteiger partial charge in [-0.1, -0.05) is 12.8 Å². The lowest BCUT2D eigenvalue weighted by atomic mass is 9.87. The highest BCUT2D eigenvalue weighted by molar-refractivity contribution is 5.82. The van der Waals surface area contributed by atoms with Crippen LogP contribution in [0.4, 0.5) is 0 Å². The first kappa shape index (κ1) is 14.3. The van der Waals surface area contributed by atoms with Gasteiger partial charge in [0, 0.05) is 19.8 Å². The summed E-state index contributed by atoms with van der Waals surface area (Å²) in [5.41, 5.74) is 6.26. The average Bonchev–Trinajstić information content (AvgIpc) is 2.54. The second-order valence-electron chi connectivity index (χ2n) is 6.27. The van der Waals surface area contributed by atoms with Gasteiger partial charge in [-0.3, -0.25) is 4.79 Å². The number of fused-ring (bicyclic) bond motifs is 1. The molecule has 0 bridgehead atoms. The molecule has 0 radical (unpaired) electrons. The van der Waals surface area contributed by atoms with E-state index in [4.69, 9.17) is 15.2 Å². The highest BCUT2D eigenvalue weighted by atomic mass is 16.5. The van der Waals surface area contributed by atoms with Crippen LogP contribution >= 0.6 is 0 Å². The van der Waals surface area contributed by atoms with Crippen molar-refractivity contribution in [2.45, 2.75) is 56.7 Å². The molecule has 20 heavy (non-hydrogen) atoms. The predicted octanol–water partition coefficient (Wildman–Crippen LogP) is 0.910. The molecule has 0 aromatic heterocycles. The monoisotopic (exact) mass is 282 g/mol. The van der Waals surface area contributed by atoms with Gasteiger partial charge in [0.15, 0.2) is 0 Å². The van der Waals surface area contributed by atoms with Crippen molar-refractivity contribution < 1.29 is 14.3 Å². The van der Waals surface area contributed by atoms with E-state index in [0.29, 0.717) is 13.2 Å². The van der Waals surface area contributed by atoms with E-state index in [1.54, 1.807) is 0 Å². The molecule has 2 aliphatic heterocycles. The molecule has 3 atom stereocenters. The van der Waals surface area contributed by atoms with Gasteiger partial charge in [0.2, 0.25) is 5.91 Å². The molecule has 5 nitrogen and oxygen atoms in total. The Morgan fingerprint density at radius 2 is 1.85 bits per heavy atom. The molecule has 1 aliphatic carbocycles. The maximum Gasteiger partial charge on any atom is 0.240 e. The van der Waals surface area contributed by atoms with Crippen LogP contribution in [-0.4, -0.2) is 55.4 Å². The lowest BCUT2D eigenvalue weighted by Gasteiger charge is -2.45. The fourth-order valence-corrected chi connectivity index (χ4v) is 3.84. The van der Waals surface area contributed by atoms with Crippen LogP contribution in [0, 0.1) is 5.92 Å². The molecule has 3 rings (SSSR count). The van der Waals surface area contributed by atoms with Gasteiger partial charge in [-0.2, -0.15) is 0 Å². The number of hydrogen-bond acceptors (Lipinski definition) is 4. The van der Waals surface area contributed by atoms with Gasteiger partial charge >= 0.3 is 0 Å². The van der Waals surface area contributed by atoms with E-state index in [9.17, 15) is 4.79 Å². The predicted molar refractivity (Wildman–Crippen MR) is 75.2 cm³/mol. The Morgan fingerprint density at radius 3 is 2.65 bits per heavy atom. The molecule has 0 aromatic carbocycles. The standard InChI is InChI=1S/C15H26N2O3/c16-14(11-5-8-19-9-6-11)15(18)17-7-10-20-13-4-2-1-3-12(13)17/h11-14H,1-10,16H2. The summed E-state index contributed by atoms with van der Waals surface area (Å²) in [6.45, 7) is 2.84. The molecule has 2 N–H and O–H groups in total. The SMILES string of the molecule is NC(C(=O)N1CCOC2CCCCC21)C1CCOCC1. The quantitative estimate of drug-likeness (QED) is 0.817. The van der Waals surface area contributed by atoms with Crippen LogP contribution in [-0.2, 0) is 14.3 Å². The molecule has 2 saturated heterocycles. The normalized spacial score (nSPS) is 33.5. The molecule has 1 saturated carbocycles. The number of amides is 1. The summed E-state index contributed by atoms with van der Waals surface area (Å²) < 4.78 is 11.2. The van der Waals surface area contributed by atoms with Crippen molar-refractivity contribution >= 4 is 5.91 Å². The number of rotatable bonds is 2. The van der Waals surface area contributed by atoms with Crippen molar-refractivity contribution in [1.82, 2.24) is 4.90 Å². The first-order valence-electron chi connectivity index (χ1n) is 8.03. The minimum absolute atomic E-state index is 0.136. The van der Waals surface area contributed by atoms with Gasteiger partial charge in [-0.25, -0.2) is 0 Å². The molecule has 114 valence electrons. The van der Waals surface area contributed by atoms with Crippen LogP contribution in [0.5, 0.6) is 0 Å². The maximum absolute atomic E-state index is 12.8. The van der Waals surface area contributed by atoms with Crippen molar-refractivity contribution in [2.24, 2.45) is 11.7 Å². The summed E-state index contributed by atoms with van der Waals surface area (Å²) in [6, 6.07) is -0.101. The van der Waals surface area contributed by atoms with Crippen LogP contribution in [0.3, 0.4) is 0 Å². The average molecular weight is 282 g/mol. The van der Waals surface area contributed by atoms with Gasteiger partial charge in [0.05, 0.1) is 24.8 Å². The highest BCUT2D eigenvalue weighted by Gasteiger charge is 2.39. The number of morpholine rings is 1. The number of nitrogens with zero attached hydrogens (tertiary/aromatic N) is 1. The molecule has 0 spiro atoms. The number of carbonyl (C=O) groups is 1. The molecule has 2 heterocycles. The molecule has 3 fully saturated rings. The number of nitrogens with two attached hydrogens (primary N) is 1. The van der Waals surface area contributed by atoms with E-state index in [1.807, 2.05) is 4.90 Å². The molecular formula is C15H26N2O3. The molecule has 3 aliphatic rings. The third kappa shape index (κ3) is 2.85. The fourth-order valence-electron chi connectivity index (χ4n) is 3.84. The van der Waals surface area contributed by atoms with E-state index < -0.39 is 0 Å². The van der Waals surface area contributed by atoms with Gasteiger partial charge in [-0.05, 0) is 31.6 Å². The molecule has 1 amide bonds. The molecular weight excluding hydrogens is 256 g/mol. The fraction of sp³-hybridized carbons (Fsp3) is 0.933. The third-order valence-electron chi connectivity index (χ3n) is 5.07. The zero-order valence-corrected chi connectivity index (χ0v) is 12.1. The van der Waals surface area contributed by atoms with Crippen LogP contribution in [0.25, 0.3) is 0 Å². The second-order valence-corrected chi connectivity index (χ2v) is 6.27. The Bertz CT molecular complexity index is 342. The summed E-state index contributed by atoms with van der Waals surface area (Å²) in [7, 11) is 0. The highest BCUT2D eigenvalue weighted by Crippen LogP contribution is 2.30. The topological polar surface area (TPSA) is 64.8 Å². The van der Waals surface area contributed by atoms with E-state index >= 15 is 0 Å². The lowest BCUT2D eigenvalue weighted by molar-refractivity contribution is -0.152. The number of hydrogen-bond donors (Lipinski definition) is 1. The Labute approximate surface area is 120 Å². The van der Waals surface area contributed by atoms with E-state index in [-0.39, 0.29) is 30.0 Å². The van der Waals surface area contributed by atoms with Crippen molar-refractivity contribution in [2.75, 3.05) is 26.4 Å². The zero-order chi connectivity index (χ0) is 13.9. The first-order chi connectivity index (χ1) is 9.77. The van der Waals surface area contributed by atoms with Crippen LogP contribution in [0.15, 0.2) is 0 Å². The van der Waals surface area contributed by atoms with Gasteiger partial charge in [0.1, 0.15) is 0 Å². The molecule has 5 heteroatoms. The van der Waals surface area contributed by atoms with E-state index in [1.165, 1.54) is 12.8 Å². The van der Waals surface area contributed by atoms with Crippen molar-refractivity contribution in [1.29, 1.82) is 0 Å². The van der Waals surface area contributed by atoms with Crippen LogP contribution in [0.2, 0.25) is 0 Å². The summed E-state index contributed by atoms with van der Waals surface area (Å²) >= 11 is 0. The first-order valence-corrected chi connectivity index (χ1v) is 8.03. The number of carbonyl (C=O) groups excluding carboxylic acids is 1. The maximum atomic E-state index is 12.8. The Morgan fingerprint density at radius 1 is 1.10 bits per heavy atom. The Hall–Kier alpha value is -0.650. The van der Waals surface area contributed by atoms with Crippen molar-refractivity contribution in [3.05, 3.63) is 0 Å².